The normalized spacial score (nSPS) is 13.9. The maximum atomic E-state index is 3.83. The van der Waals surface area contributed by atoms with Gasteiger partial charge in [-0.25, -0.2) is 0 Å². The Morgan fingerprint density at radius 1 is 1.00 bits per heavy atom. The van der Waals surface area contributed by atoms with Crippen molar-refractivity contribution in [2.24, 2.45) is 5.41 Å². The topological polar surface area (TPSA) is 12.0 Å². The summed E-state index contributed by atoms with van der Waals surface area (Å²) in [7, 11) is 0. The second-order valence-electron chi connectivity index (χ2n) is 6.41. The van der Waals surface area contributed by atoms with Crippen LogP contribution in [0.2, 0.25) is 0 Å². The Bertz CT molecular complexity index is 319. The third-order valence-corrected chi connectivity index (χ3v) is 3.44. The van der Waals surface area contributed by atoms with Gasteiger partial charge in [-0.3, -0.25) is 0 Å². The van der Waals surface area contributed by atoms with Crippen LogP contribution in [0.5, 0.6) is 0 Å². The van der Waals surface area contributed by atoms with E-state index in [0.29, 0.717) is 17.5 Å². The van der Waals surface area contributed by atoms with Gasteiger partial charge in [0.25, 0.3) is 0 Å². The summed E-state index contributed by atoms with van der Waals surface area (Å²) >= 11 is 0. The van der Waals surface area contributed by atoms with Crippen LogP contribution in [0, 0.1) is 5.41 Å². The molecule has 0 radical (unpaired) electrons. The number of nitrogens with one attached hydrogen (secondary N) is 1. The van der Waals surface area contributed by atoms with Crippen molar-refractivity contribution in [3.63, 3.8) is 0 Å². The predicted molar refractivity (Wildman–Crippen MR) is 80.8 cm³/mol. The summed E-state index contributed by atoms with van der Waals surface area (Å²) in [6, 6.07) is 11.9. The minimum atomic E-state index is 0.347. The van der Waals surface area contributed by atoms with E-state index in [2.05, 4.69) is 70.3 Å². The van der Waals surface area contributed by atoms with Gasteiger partial charge in [-0.15, -0.1) is 0 Å². The van der Waals surface area contributed by atoms with E-state index in [1.165, 1.54) is 24.8 Å². The standard InChI is InChI=1S/C17H29N/c1-6-15(7-2)18-16(13-17(3,4)5)14-11-9-8-10-12-14/h8-12,15-16,18H,6-7,13H2,1-5H3. The van der Waals surface area contributed by atoms with Gasteiger partial charge in [0.05, 0.1) is 0 Å². The maximum Gasteiger partial charge on any atom is 0.0327 e. The monoisotopic (exact) mass is 247 g/mol. The molecule has 0 aliphatic carbocycles. The van der Waals surface area contributed by atoms with Crippen molar-refractivity contribution in [2.45, 2.75) is 66.0 Å². The van der Waals surface area contributed by atoms with Crippen LogP contribution < -0.4 is 5.32 Å². The lowest BCUT2D eigenvalue weighted by Crippen LogP contribution is -2.34. The highest BCUT2D eigenvalue weighted by Gasteiger charge is 2.21. The quantitative estimate of drug-likeness (QED) is 0.750. The van der Waals surface area contributed by atoms with Gasteiger partial charge in [0, 0.05) is 12.1 Å². The molecular weight excluding hydrogens is 218 g/mol. The Balaban J connectivity index is 2.82. The third kappa shape index (κ3) is 5.22. The molecule has 102 valence electrons. The molecule has 1 N–H and O–H groups in total. The lowest BCUT2D eigenvalue weighted by atomic mass is 9.85. The largest absolute Gasteiger partial charge is 0.307 e. The molecule has 1 heteroatoms. The van der Waals surface area contributed by atoms with E-state index in [9.17, 15) is 0 Å². The highest BCUT2D eigenvalue weighted by molar-refractivity contribution is 5.19. The highest BCUT2D eigenvalue weighted by atomic mass is 14.9. The summed E-state index contributed by atoms with van der Waals surface area (Å²) in [6.45, 7) is 11.5. The molecule has 0 heterocycles. The van der Waals surface area contributed by atoms with Crippen molar-refractivity contribution in [1.82, 2.24) is 5.32 Å². The van der Waals surface area contributed by atoms with Crippen LogP contribution in [0.3, 0.4) is 0 Å². The van der Waals surface area contributed by atoms with Crippen LogP contribution in [-0.2, 0) is 0 Å². The second kappa shape index (κ2) is 6.94. The van der Waals surface area contributed by atoms with Crippen LogP contribution in [0.15, 0.2) is 30.3 Å². The summed E-state index contributed by atoms with van der Waals surface area (Å²) in [5.74, 6) is 0. The van der Waals surface area contributed by atoms with Crippen molar-refractivity contribution in [1.29, 1.82) is 0 Å². The first-order chi connectivity index (χ1) is 8.46. The average molecular weight is 247 g/mol. The van der Waals surface area contributed by atoms with Gasteiger partial charge in [-0.2, -0.15) is 0 Å². The van der Waals surface area contributed by atoms with Gasteiger partial charge in [0.1, 0.15) is 0 Å². The van der Waals surface area contributed by atoms with Gasteiger partial charge >= 0.3 is 0 Å². The van der Waals surface area contributed by atoms with Crippen molar-refractivity contribution >= 4 is 0 Å². The first-order valence-electron chi connectivity index (χ1n) is 7.27. The van der Waals surface area contributed by atoms with E-state index < -0.39 is 0 Å². The molecule has 1 atom stereocenters. The highest BCUT2D eigenvalue weighted by Crippen LogP contribution is 2.30. The SMILES string of the molecule is CCC(CC)NC(CC(C)(C)C)c1ccccc1. The summed E-state index contributed by atoms with van der Waals surface area (Å²) in [6.07, 6.45) is 3.57. The molecule has 0 amide bonds. The van der Waals surface area contributed by atoms with Crippen LogP contribution >= 0.6 is 0 Å². The summed E-state index contributed by atoms with van der Waals surface area (Å²) in [5.41, 5.74) is 1.76. The number of hydrogen-bond acceptors (Lipinski definition) is 1. The van der Waals surface area contributed by atoms with Crippen LogP contribution in [0.25, 0.3) is 0 Å². The van der Waals surface area contributed by atoms with E-state index >= 15 is 0 Å². The fraction of sp³-hybridized carbons (Fsp3) is 0.647. The maximum absolute atomic E-state index is 3.83. The molecule has 0 spiro atoms. The van der Waals surface area contributed by atoms with E-state index in [1.54, 1.807) is 0 Å². The Kier molecular flexibility index (Phi) is 5.87. The zero-order chi connectivity index (χ0) is 13.6. The van der Waals surface area contributed by atoms with Gasteiger partial charge < -0.3 is 5.32 Å². The molecule has 1 nitrogen and oxygen atoms in total. The van der Waals surface area contributed by atoms with E-state index in [-0.39, 0.29) is 0 Å². The Labute approximate surface area is 113 Å². The van der Waals surface area contributed by atoms with Gasteiger partial charge in [0.15, 0.2) is 0 Å². The van der Waals surface area contributed by atoms with Crippen molar-refractivity contribution in [3.05, 3.63) is 35.9 Å². The van der Waals surface area contributed by atoms with Crippen molar-refractivity contribution < 1.29 is 0 Å². The Morgan fingerprint density at radius 3 is 2.00 bits per heavy atom. The smallest absolute Gasteiger partial charge is 0.0327 e. The molecule has 0 saturated heterocycles. The Morgan fingerprint density at radius 2 is 1.56 bits per heavy atom. The van der Waals surface area contributed by atoms with E-state index in [1.807, 2.05) is 0 Å². The molecule has 1 aromatic rings. The van der Waals surface area contributed by atoms with E-state index in [4.69, 9.17) is 0 Å². The van der Waals surface area contributed by atoms with Crippen molar-refractivity contribution in [2.75, 3.05) is 0 Å². The van der Waals surface area contributed by atoms with E-state index in [0.717, 1.165) is 0 Å². The fourth-order valence-electron chi connectivity index (χ4n) is 2.38. The summed E-state index contributed by atoms with van der Waals surface area (Å²) < 4.78 is 0. The minimum Gasteiger partial charge on any atom is -0.307 e. The van der Waals surface area contributed by atoms with Gasteiger partial charge in [-0.1, -0.05) is 65.0 Å². The molecular formula is C17H29N. The minimum absolute atomic E-state index is 0.347. The first-order valence-corrected chi connectivity index (χ1v) is 7.27. The zero-order valence-corrected chi connectivity index (χ0v) is 12.7. The van der Waals surface area contributed by atoms with Gasteiger partial charge in [-0.05, 0) is 30.2 Å². The van der Waals surface area contributed by atoms with Crippen LogP contribution in [-0.4, -0.2) is 6.04 Å². The molecule has 1 aromatic carbocycles. The molecule has 0 aliphatic rings. The van der Waals surface area contributed by atoms with Crippen LogP contribution in [0.1, 0.15) is 65.5 Å². The molecule has 18 heavy (non-hydrogen) atoms. The van der Waals surface area contributed by atoms with Crippen LogP contribution in [0.4, 0.5) is 0 Å². The molecule has 0 aromatic heterocycles. The number of hydrogen-bond donors (Lipinski definition) is 1. The fourth-order valence-corrected chi connectivity index (χ4v) is 2.38. The molecule has 0 saturated carbocycles. The lowest BCUT2D eigenvalue weighted by molar-refractivity contribution is 0.287. The second-order valence-corrected chi connectivity index (χ2v) is 6.41. The molecule has 0 fully saturated rings. The predicted octanol–water partition coefficient (Wildman–Crippen LogP) is 4.94. The summed E-state index contributed by atoms with van der Waals surface area (Å²) in [4.78, 5) is 0. The van der Waals surface area contributed by atoms with Gasteiger partial charge in [0.2, 0.25) is 0 Å². The first kappa shape index (κ1) is 15.2. The zero-order valence-electron chi connectivity index (χ0n) is 12.7. The lowest BCUT2D eigenvalue weighted by Gasteiger charge is -2.30. The third-order valence-electron chi connectivity index (χ3n) is 3.44. The summed E-state index contributed by atoms with van der Waals surface area (Å²) in [5, 5.41) is 3.83. The molecule has 0 aliphatic heterocycles. The number of rotatable bonds is 6. The Hall–Kier alpha value is -0.820. The molecule has 1 rings (SSSR count). The van der Waals surface area contributed by atoms with Crippen molar-refractivity contribution in [3.8, 4) is 0 Å². The molecule has 1 unspecified atom stereocenters. The average Bonchev–Trinajstić information content (AvgIpc) is 2.34. The molecule has 0 bridgehead atoms. The number of benzene rings is 1.